The van der Waals surface area contributed by atoms with Crippen LogP contribution < -0.4 is 5.32 Å². The second-order valence-corrected chi connectivity index (χ2v) is 5.59. The fourth-order valence-electron chi connectivity index (χ4n) is 2.58. The van der Waals surface area contributed by atoms with E-state index in [4.69, 9.17) is 4.74 Å². The summed E-state index contributed by atoms with van der Waals surface area (Å²) in [6.45, 7) is 6.46. The molecule has 120 valence electrons. The number of aromatic nitrogens is 2. The Labute approximate surface area is 135 Å². The van der Waals surface area contributed by atoms with Crippen molar-refractivity contribution < 1.29 is 9.53 Å². The highest BCUT2D eigenvalue weighted by molar-refractivity contribution is 5.93. The number of rotatable bonds is 3. The summed E-state index contributed by atoms with van der Waals surface area (Å²) >= 11 is 0. The van der Waals surface area contributed by atoms with Gasteiger partial charge in [0, 0.05) is 31.2 Å². The first-order valence-corrected chi connectivity index (χ1v) is 7.67. The Hall–Kier alpha value is -2.47. The van der Waals surface area contributed by atoms with E-state index in [-0.39, 0.29) is 5.91 Å². The summed E-state index contributed by atoms with van der Waals surface area (Å²) in [6, 6.07) is 6.08. The zero-order chi connectivity index (χ0) is 16.2. The third-order valence-corrected chi connectivity index (χ3v) is 3.92. The minimum atomic E-state index is -0.0491. The Bertz CT molecular complexity index is 674. The van der Waals surface area contributed by atoms with Gasteiger partial charge in [0.2, 0.25) is 5.95 Å². The molecule has 0 aliphatic carbocycles. The van der Waals surface area contributed by atoms with Gasteiger partial charge in [0.15, 0.2) is 0 Å². The van der Waals surface area contributed by atoms with E-state index in [0.717, 1.165) is 16.8 Å². The Morgan fingerprint density at radius 2 is 1.74 bits per heavy atom. The lowest BCUT2D eigenvalue weighted by Crippen LogP contribution is -2.40. The number of aryl methyl sites for hydroxylation is 2. The van der Waals surface area contributed by atoms with Crippen molar-refractivity contribution in [1.29, 1.82) is 0 Å². The first-order chi connectivity index (χ1) is 11.1. The SMILES string of the molecule is Cc1cccc(C)c1Nc1ncc(C(=O)N2CCOCC2)cn1. The van der Waals surface area contributed by atoms with Crippen molar-refractivity contribution >= 4 is 17.5 Å². The van der Waals surface area contributed by atoms with E-state index in [2.05, 4.69) is 15.3 Å². The molecule has 1 amide bonds. The number of nitrogens with one attached hydrogen (secondary N) is 1. The highest BCUT2D eigenvalue weighted by Crippen LogP contribution is 2.22. The lowest BCUT2D eigenvalue weighted by atomic mass is 10.1. The van der Waals surface area contributed by atoms with E-state index < -0.39 is 0 Å². The molecule has 1 aliphatic heterocycles. The van der Waals surface area contributed by atoms with Crippen LogP contribution in [-0.2, 0) is 4.74 Å². The molecule has 1 saturated heterocycles. The predicted molar refractivity (Wildman–Crippen MR) is 88.0 cm³/mol. The molecule has 23 heavy (non-hydrogen) atoms. The monoisotopic (exact) mass is 312 g/mol. The molecular formula is C17H20N4O2. The van der Waals surface area contributed by atoms with Crippen molar-refractivity contribution in [3.8, 4) is 0 Å². The van der Waals surface area contributed by atoms with Gasteiger partial charge in [0.25, 0.3) is 5.91 Å². The van der Waals surface area contributed by atoms with Crippen molar-refractivity contribution in [2.75, 3.05) is 31.6 Å². The van der Waals surface area contributed by atoms with E-state index in [1.165, 1.54) is 0 Å². The Morgan fingerprint density at radius 3 is 2.35 bits per heavy atom. The number of morpholine rings is 1. The van der Waals surface area contributed by atoms with Crippen LogP contribution in [0.1, 0.15) is 21.5 Å². The van der Waals surface area contributed by atoms with E-state index >= 15 is 0 Å². The van der Waals surface area contributed by atoms with E-state index in [1.807, 2.05) is 32.0 Å². The van der Waals surface area contributed by atoms with Crippen LogP contribution in [0.15, 0.2) is 30.6 Å². The minimum Gasteiger partial charge on any atom is -0.378 e. The summed E-state index contributed by atoms with van der Waals surface area (Å²) in [4.78, 5) is 22.7. The van der Waals surface area contributed by atoms with Gasteiger partial charge in [-0.05, 0) is 25.0 Å². The van der Waals surface area contributed by atoms with Crippen LogP contribution in [0.3, 0.4) is 0 Å². The maximum Gasteiger partial charge on any atom is 0.257 e. The number of amides is 1. The Kier molecular flexibility index (Phi) is 4.52. The predicted octanol–water partition coefficient (Wildman–Crippen LogP) is 2.31. The number of ether oxygens (including phenoxy) is 1. The molecule has 0 atom stereocenters. The molecule has 1 aromatic carbocycles. The fourth-order valence-corrected chi connectivity index (χ4v) is 2.58. The van der Waals surface area contributed by atoms with Crippen LogP contribution in [0.25, 0.3) is 0 Å². The summed E-state index contributed by atoms with van der Waals surface area (Å²) in [5, 5.41) is 3.22. The second kappa shape index (κ2) is 6.75. The lowest BCUT2D eigenvalue weighted by molar-refractivity contribution is 0.0302. The van der Waals surface area contributed by atoms with Gasteiger partial charge in [-0.25, -0.2) is 9.97 Å². The third kappa shape index (κ3) is 3.48. The molecule has 1 aliphatic rings. The van der Waals surface area contributed by atoms with Crippen molar-refractivity contribution in [3.63, 3.8) is 0 Å². The van der Waals surface area contributed by atoms with Crippen LogP contribution in [0.2, 0.25) is 0 Å². The molecule has 0 bridgehead atoms. The number of carbonyl (C=O) groups excluding carboxylic acids is 1. The van der Waals surface area contributed by atoms with Gasteiger partial charge in [-0.1, -0.05) is 18.2 Å². The topological polar surface area (TPSA) is 67.4 Å². The standard InChI is InChI=1S/C17H20N4O2/c1-12-4-3-5-13(2)15(12)20-17-18-10-14(11-19-17)16(22)21-6-8-23-9-7-21/h3-5,10-11H,6-9H2,1-2H3,(H,18,19,20). The molecule has 0 spiro atoms. The fraction of sp³-hybridized carbons (Fsp3) is 0.353. The number of carbonyl (C=O) groups is 1. The van der Waals surface area contributed by atoms with Gasteiger partial charge in [0.05, 0.1) is 18.8 Å². The molecule has 1 aromatic heterocycles. The van der Waals surface area contributed by atoms with E-state index in [1.54, 1.807) is 17.3 Å². The summed E-state index contributed by atoms with van der Waals surface area (Å²) in [5.41, 5.74) is 3.75. The average Bonchev–Trinajstić information content (AvgIpc) is 2.59. The molecule has 1 N–H and O–H groups in total. The average molecular weight is 312 g/mol. The maximum atomic E-state index is 12.3. The van der Waals surface area contributed by atoms with Gasteiger partial charge in [-0.15, -0.1) is 0 Å². The molecular weight excluding hydrogens is 292 g/mol. The quantitative estimate of drug-likeness (QED) is 0.942. The maximum absolute atomic E-state index is 12.3. The number of anilines is 2. The van der Waals surface area contributed by atoms with Crippen molar-refractivity contribution in [2.24, 2.45) is 0 Å². The number of para-hydroxylation sites is 1. The molecule has 2 aromatic rings. The lowest BCUT2D eigenvalue weighted by Gasteiger charge is -2.26. The normalized spacial score (nSPS) is 14.6. The zero-order valence-electron chi connectivity index (χ0n) is 13.4. The van der Waals surface area contributed by atoms with Crippen molar-refractivity contribution in [2.45, 2.75) is 13.8 Å². The molecule has 1 fully saturated rings. The summed E-state index contributed by atoms with van der Waals surface area (Å²) in [6.07, 6.45) is 3.14. The molecule has 0 radical (unpaired) electrons. The summed E-state index contributed by atoms with van der Waals surface area (Å²) in [7, 11) is 0. The molecule has 2 heterocycles. The highest BCUT2D eigenvalue weighted by Gasteiger charge is 2.19. The van der Waals surface area contributed by atoms with Gasteiger partial charge < -0.3 is 15.0 Å². The molecule has 6 heteroatoms. The largest absolute Gasteiger partial charge is 0.378 e. The number of benzene rings is 1. The van der Waals surface area contributed by atoms with E-state index in [9.17, 15) is 4.79 Å². The molecule has 0 unspecified atom stereocenters. The number of hydrogen-bond donors (Lipinski definition) is 1. The van der Waals surface area contributed by atoms with Crippen LogP contribution in [-0.4, -0.2) is 47.1 Å². The molecule has 0 saturated carbocycles. The zero-order valence-corrected chi connectivity index (χ0v) is 13.4. The van der Waals surface area contributed by atoms with E-state index in [0.29, 0.717) is 37.8 Å². The summed E-state index contributed by atoms with van der Waals surface area (Å²) in [5.74, 6) is 0.438. The van der Waals surface area contributed by atoms with Crippen molar-refractivity contribution in [3.05, 3.63) is 47.3 Å². The summed E-state index contributed by atoms with van der Waals surface area (Å²) < 4.78 is 5.26. The van der Waals surface area contributed by atoms with Gasteiger partial charge in [0.1, 0.15) is 0 Å². The van der Waals surface area contributed by atoms with Crippen LogP contribution in [0.5, 0.6) is 0 Å². The number of nitrogens with zero attached hydrogens (tertiary/aromatic N) is 3. The van der Waals surface area contributed by atoms with Crippen LogP contribution in [0, 0.1) is 13.8 Å². The smallest absolute Gasteiger partial charge is 0.257 e. The molecule has 6 nitrogen and oxygen atoms in total. The Morgan fingerprint density at radius 1 is 1.13 bits per heavy atom. The number of hydrogen-bond acceptors (Lipinski definition) is 5. The van der Waals surface area contributed by atoms with Crippen LogP contribution >= 0.6 is 0 Å². The molecule has 3 rings (SSSR count). The Balaban J connectivity index is 1.73. The first-order valence-electron chi connectivity index (χ1n) is 7.67. The second-order valence-electron chi connectivity index (χ2n) is 5.59. The van der Waals surface area contributed by atoms with Crippen molar-refractivity contribution in [1.82, 2.24) is 14.9 Å². The van der Waals surface area contributed by atoms with Gasteiger partial charge in [-0.3, -0.25) is 4.79 Å². The minimum absolute atomic E-state index is 0.0491. The third-order valence-electron chi connectivity index (χ3n) is 3.92. The van der Waals surface area contributed by atoms with Gasteiger partial charge in [-0.2, -0.15) is 0 Å². The van der Waals surface area contributed by atoms with Gasteiger partial charge >= 0.3 is 0 Å². The van der Waals surface area contributed by atoms with Crippen LogP contribution in [0.4, 0.5) is 11.6 Å². The first kappa shape index (κ1) is 15.4. The highest BCUT2D eigenvalue weighted by atomic mass is 16.5.